The Kier molecular flexibility index (Phi) is 1.09. The van der Waals surface area contributed by atoms with Crippen LogP contribution in [0.2, 0.25) is 0 Å². The van der Waals surface area contributed by atoms with E-state index in [1.54, 1.807) is 12.8 Å². The maximum Gasteiger partial charge on any atom is -0.0258 e. The summed E-state index contributed by atoms with van der Waals surface area (Å²) in [6, 6.07) is 0. The third kappa shape index (κ3) is 0.758. The van der Waals surface area contributed by atoms with Crippen LogP contribution in [0.25, 0.3) is 0 Å². The molecule has 0 aromatic heterocycles. The van der Waals surface area contributed by atoms with Gasteiger partial charge in [-0.15, -0.1) is 0 Å². The standard InChI is InChI=1S/C11H16/c1-2-4-6-11-7-9(5-3-1)10(11)8-11/h1-2,9-10H,3-8H2. The van der Waals surface area contributed by atoms with Crippen molar-refractivity contribution in [3.63, 3.8) is 0 Å². The Labute approximate surface area is 68.7 Å². The molecule has 4 rings (SSSR count). The van der Waals surface area contributed by atoms with Gasteiger partial charge in [-0.1, -0.05) is 12.2 Å². The molecule has 2 saturated carbocycles. The van der Waals surface area contributed by atoms with Gasteiger partial charge < -0.3 is 0 Å². The summed E-state index contributed by atoms with van der Waals surface area (Å²) in [5.41, 5.74) is 0.902. The van der Waals surface area contributed by atoms with Crippen LogP contribution in [-0.2, 0) is 0 Å². The fraction of sp³-hybridized carbons (Fsp3) is 0.818. The number of fused-ring (bicyclic) bond motifs is 4. The SMILES string of the molecule is C1=CCCC23CC(CC1)C2C3. The minimum atomic E-state index is 0.902. The summed E-state index contributed by atoms with van der Waals surface area (Å²) in [6.07, 6.45) is 13.7. The van der Waals surface area contributed by atoms with Crippen LogP contribution in [0.1, 0.15) is 38.5 Å². The zero-order chi connectivity index (χ0) is 7.31. The molecular formula is C11H16. The predicted octanol–water partition coefficient (Wildman–Crippen LogP) is 3.14. The summed E-state index contributed by atoms with van der Waals surface area (Å²) in [7, 11) is 0. The lowest BCUT2D eigenvalue weighted by Gasteiger charge is -2.34. The zero-order valence-corrected chi connectivity index (χ0v) is 7.05. The van der Waals surface area contributed by atoms with Gasteiger partial charge in [0.1, 0.15) is 0 Å². The van der Waals surface area contributed by atoms with Crippen LogP contribution >= 0.6 is 0 Å². The van der Waals surface area contributed by atoms with Crippen LogP contribution in [0.5, 0.6) is 0 Å². The second kappa shape index (κ2) is 1.91. The molecule has 2 fully saturated rings. The van der Waals surface area contributed by atoms with Crippen molar-refractivity contribution in [3.05, 3.63) is 12.2 Å². The van der Waals surface area contributed by atoms with Gasteiger partial charge in [-0.2, -0.15) is 0 Å². The Hall–Kier alpha value is -0.260. The third-order valence-electron chi connectivity index (χ3n) is 4.17. The molecule has 60 valence electrons. The van der Waals surface area contributed by atoms with Gasteiger partial charge in [0.15, 0.2) is 0 Å². The molecule has 0 amide bonds. The molecule has 0 N–H and O–H groups in total. The Morgan fingerprint density at radius 3 is 2.91 bits per heavy atom. The Morgan fingerprint density at radius 2 is 2.00 bits per heavy atom. The van der Waals surface area contributed by atoms with Crippen molar-refractivity contribution in [2.75, 3.05) is 0 Å². The minimum Gasteiger partial charge on any atom is -0.0885 e. The Morgan fingerprint density at radius 1 is 1.09 bits per heavy atom. The molecule has 3 atom stereocenters. The molecule has 0 aliphatic heterocycles. The van der Waals surface area contributed by atoms with E-state index in [0.717, 1.165) is 11.3 Å². The number of hydrogen-bond donors (Lipinski definition) is 0. The van der Waals surface area contributed by atoms with Crippen LogP contribution in [0.3, 0.4) is 0 Å². The summed E-state index contributed by atoms with van der Waals surface area (Å²) in [5.74, 6) is 2.32. The normalized spacial score (nSPS) is 53.1. The van der Waals surface area contributed by atoms with Gasteiger partial charge in [-0.25, -0.2) is 0 Å². The molecule has 2 bridgehead atoms. The van der Waals surface area contributed by atoms with Crippen LogP contribution in [0.15, 0.2) is 12.2 Å². The highest BCUT2D eigenvalue weighted by molar-refractivity contribution is 5.16. The van der Waals surface area contributed by atoms with E-state index in [-0.39, 0.29) is 0 Å². The second-order valence-corrected chi connectivity index (χ2v) is 4.72. The van der Waals surface area contributed by atoms with Crippen LogP contribution in [0, 0.1) is 17.3 Å². The van der Waals surface area contributed by atoms with Crippen molar-refractivity contribution in [2.24, 2.45) is 17.3 Å². The summed E-state index contributed by atoms with van der Waals surface area (Å²) < 4.78 is 0. The van der Waals surface area contributed by atoms with E-state index in [1.807, 2.05) is 0 Å². The van der Waals surface area contributed by atoms with Gasteiger partial charge in [-0.3, -0.25) is 0 Å². The van der Waals surface area contributed by atoms with Crippen LogP contribution in [0.4, 0.5) is 0 Å². The molecular weight excluding hydrogens is 132 g/mol. The molecule has 4 aliphatic carbocycles. The number of rotatable bonds is 0. The van der Waals surface area contributed by atoms with Crippen molar-refractivity contribution >= 4 is 0 Å². The summed E-state index contributed by atoms with van der Waals surface area (Å²) in [4.78, 5) is 0. The highest BCUT2D eigenvalue weighted by Crippen LogP contribution is 2.74. The van der Waals surface area contributed by atoms with Gasteiger partial charge >= 0.3 is 0 Å². The molecule has 0 radical (unpaired) electrons. The van der Waals surface area contributed by atoms with Crippen molar-refractivity contribution in [3.8, 4) is 0 Å². The molecule has 0 saturated heterocycles. The van der Waals surface area contributed by atoms with E-state index >= 15 is 0 Å². The molecule has 0 heteroatoms. The molecule has 0 aromatic rings. The fourth-order valence-electron chi connectivity index (χ4n) is 3.39. The first-order chi connectivity index (χ1) is 5.41. The van der Waals surface area contributed by atoms with Gasteiger partial charge in [-0.05, 0) is 55.8 Å². The van der Waals surface area contributed by atoms with Crippen molar-refractivity contribution in [1.82, 2.24) is 0 Å². The number of allylic oxidation sites excluding steroid dienone is 2. The summed E-state index contributed by atoms with van der Waals surface area (Å²) in [6.45, 7) is 0. The van der Waals surface area contributed by atoms with E-state index in [9.17, 15) is 0 Å². The van der Waals surface area contributed by atoms with Gasteiger partial charge in [0.25, 0.3) is 0 Å². The lowest BCUT2D eigenvalue weighted by atomic mass is 9.71. The highest BCUT2D eigenvalue weighted by atomic mass is 14.7. The smallest absolute Gasteiger partial charge is 0.0258 e. The number of hydrogen-bond acceptors (Lipinski definition) is 0. The fourth-order valence-corrected chi connectivity index (χ4v) is 3.39. The predicted molar refractivity (Wildman–Crippen MR) is 46.3 cm³/mol. The van der Waals surface area contributed by atoms with Crippen molar-refractivity contribution < 1.29 is 0 Å². The largest absolute Gasteiger partial charge is 0.0885 e. The topological polar surface area (TPSA) is 0 Å². The van der Waals surface area contributed by atoms with E-state index in [4.69, 9.17) is 0 Å². The second-order valence-electron chi connectivity index (χ2n) is 4.72. The average molecular weight is 148 g/mol. The van der Waals surface area contributed by atoms with Crippen molar-refractivity contribution in [2.45, 2.75) is 38.5 Å². The van der Waals surface area contributed by atoms with Crippen molar-refractivity contribution in [1.29, 1.82) is 0 Å². The molecule has 11 heavy (non-hydrogen) atoms. The molecule has 0 heterocycles. The Bertz CT molecular complexity index is 204. The third-order valence-corrected chi connectivity index (χ3v) is 4.17. The quantitative estimate of drug-likeness (QED) is 0.463. The van der Waals surface area contributed by atoms with E-state index in [0.29, 0.717) is 0 Å². The lowest BCUT2D eigenvalue weighted by Crippen LogP contribution is -2.25. The first-order valence-corrected chi connectivity index (χ1v) is 5.06. The average Bonchev–Trinajstić information content (AvgIpc) is 2.56. The van der Waals surface area contributed by atoms with Crippen LogP contribution in [-0.4, -0.2) is 0 Å². The lowest BCUT2D eigenvalue weighted by molar-refractivity contribution is 0.161. The van der Waals surface area contributed by atoms with E-state index < -0.39 is 0 Å². The van der Waals surface area contributed by atoms with Gasteiger partial charge in [0, 0.05) is 0 Å². The molecule has 4 aliphatic rings. The highest BCUT2D eigenvalue weighted by Gasteiger charge is 2.65. The molecule has 1 spiro atoms. The monoisotopic (exact) mass is 148 g/mol. The van der Waals surface area contributed by atoms with E-state index in [1.165, 1.54) is 31.6 Å². The van der Waals surface area contributed by atoms with Gasteiger partial charge in [0.2, 0.25) is 0 Å². The summed E-state index contributed by atoms with van der Waals surface area (Å²) in [5, 5.41) is 0. The summed E-state index contributed by atoms with van der Waals surface area (Å²) >= 11 is 0. The first-order valence-electron chi connectivity index (χ1n) is 5.06. The van der Waals surface area contributed by atoms with Crippen LogP contribution < -0.4 is 0 Å². The Balaban J connectivity index is 1.77. The van der Waals surface area contributed by atoms with Gasteiger partial charge in [0.05, 0.1) is 0 Å². The minimum absolute atomic E-state index is 0.902. The zero-order valence-electron chi connectivity index (χ0n) is 7.05. The maximum atomic E-state index is 2.41. The maximum absolute atomic E-state index is 2.41. The molecule has 3 unspecified atom stereocenters. The first kappa shape index (κ1) is 6.28. The molecule has 0 aromatic carbocycles. The molecule has 0 nitrogen and oxygen atoms in total. The van der Waals surface area contributed by atoms with E-state index in [2.05, 4.69) is 12.2 Å².